The van der Waals surface area contributed by atoms with Crippen molar-refractivity contribution in [1.29, 1.82) is 0 Å². The SMILES string of the molecule is CC(=O)c1ccc(NC(=O)CSc2ccc(NC(=O)COc3ccccc3)cc2)cc1. The summed E-state index contributed by atoms with van der Waals surface area (Å²) in [5.74, 6) is 0.468. The van der Waals surface area contributed by atoms with Crippen molar-refractivity contribution in [1.82, 2.24) is 0 Å². The van der Waals surface area contributed by atoms with E-state index in [1.807, 2.05) is 30.3 Å². The first-order valence-electron chi connectivity index (χ1n) is 9.61. The van der Waals surface area contributed by atoms with Crippen LogP contribution in [0.3, 0.4) is 0 Å². The third-order valence-electron chi connectivity index (χ3n) is 4.20. The van der Waals surface area contributed by atoms with Gasteiger partial charge in [0.1, 0.15) is 5.75 Å². The van der Waals surface area contributed by atoms with Crippen LogP contribution < -0.4 is 15.4 Å². The lowest BCUT2D eigenvalue weighted by Crippen LogP contribution is -2.20. The van der Waals surface area contributed by atoms with Crippen LogP contribution in [0.1, 0.15) is 17.3 Å². The summed E-state index contributed by atoms with van der Waals surface area (Å²) in [5.41, 5.74) is 1.90. The number of rotatable bonds is 9. The number of carbonyl (C=O) groups is 3. The second-order valence-corrected chi connectivity index (χ2v) is 7.69. The fourth-order valence-corrected chi connectivity index (χ4v) is 3.33. The summed E-state index contributed by atoms with van der Waals surface area (Å²) in [6.07, 6.45) is 0. The Balaban J connectivity index is 1.41. The third kappa shape index (κ3) is 7.31. The molecular formula is C24H22N2O4S. The lowest BCUT2D eigenvalue weighted by molar-refractivity contribution is -0.118. The first-order chi connectivity index (χ1) is 15.0. The molecule has 0 aliphatic rings. The Morgan fingerprint density at radius 2 is 1.35 bits per heavy atom. The van der Waals surface area contributed by atoms with Crippen LogP contribution >= 0.6 is 11.8 Å². The van der Waals surface area contributed by atoms with Crippen molar-refractivity contribution in [3.05, 3.63) is 84.4 Å². The van der Waals surface area contributed by atoms with Gasteiger partial charge in [-0.2, -0.15) is 0 Å². The number of hydrogen-bond donors (Lipinski definition) is 2. The molecule has 3 rings (SSSR count). The summed E-state index contributed by atoms with van der Waals surface area (Å²) in [5, 5.41) is 5.57. The standard InChI is InChI=1S/C24H22N2O4S/c1-17(27)18-7-9-19(10-8-18)26-24(29)16-31-22-13-11-20(12-14-22)25-23(28)15-30-21-5-3-2-4-6-21/h2-14H,15-16H2,1H3,(H,25,28)(H,26,29). The topological polar surface area (TPSA) is 84.5 Å². The quantitative estimate of drug-likeness (QED) is 0.379. The molecule has 0 aromatic heterocycles. The van der Waals surface area contributed by atoms with Gasteiger partial charge in [0.2, 0.25) is 5.91 Å². The van der Waals surface area contributed by atoms with Crippen molar-refractivity contribution >= 4 is 40.7 Å². The molecule has 3 aromatic carbocycles. The zero-order chi connectivity index (χ0) is 22.1. The van der Waals surface area contributed by atoms with E-state index < -0.39 is 0 Å². The number of hydrogen-bond acceptors (Lipinski definition) is 5. The van der Waals surface area contributed by atoms with Gasteiger partial charge in [-0.3, -0.25) is 14.4 Å². The van der Waals surface area contributed by atoms with E-state index in [9.17, 15) is 14.4 Å². The number of ketones is 1. The van der Waals surface area contributed by atoms with Crippen LogP contribution in [0.15, 0.2) is 83.8 Å². The van der Waals surface area contributed by atoms with Crippen LogP contribution in [-0.4, -0.2) is 30.0 Å². The van der Waals surface area contributed by atoms with E-state index in [2.05, 4.69) is 10.6 Å². The zero-order valence-corrected chi connectivity index (χ0v) is 17.8. The molecule has 0 aliphatic heterocycles. The summed E-state index contributed by atoms with van der Waals surface area (Å²) < 4.78 is 5.42. The monoisotopic (exact) mass is 434 g/mol. The highest BCUT2D eigenvalue weighted by Crippen LogP contribution is 2.21. The van der Waals surface area contributed by atoms with Crippen molar-refractivity contribution in [3.63, 3.8) is 0 Å². The Bertz CT molecular complexity index is 1040. The van der Waals surface area contributed by atoms with Crippen molar-refractivity contribution in [2.75, 3.05) is 23.0 Å². The molecule has 0 fully saturated rings. The normalized spacial score (nSPS) is 10.2. The Morgan fingerprint density at radius 3 is 1.97 bits per heavy atom. The van der Waals surface area contributed by atoms with Crippen LogP contribution in [0.4, 0.5) is 11.4 Å². The van der Waals surface area contributed by atoms with Crippen LogP contribution in [0.25, 0.3) is 0 Å². The number of thioether (sulfide) groups is 1. The highest BCUT2D eigenvalue weighted by molar-refractivity contribution is 8.00. The Labute approximate surface area is 185 Å². The van der Waals surface area contributed by atoms with E-state index >= 15 is 0 Å². The van der Waals surface area contributed by atoms with Crippen LogP contribution in [0, 0.1) is 0 Å². The molecule has 0 atom stereocenters. The average molecular weight is 435 g/mol. The Morgan fingerprint density at radius 1 is 0.774 bits per heavy atom. The predicted octanol–water partition coefficient (Wildman–Crippen LogP) is 4.64. The number of amides is 2. The molecule has 2 amide bonds. The molecule has 0 aliphatic carbocycles. The summed E-state index contributed by atoms with van der Waals surface area (Å²) >= 11 is 1.39. The molecule has 7 heteroatoms. The second kappa shape index (κ2) is 11.0. The van der Waals surface area contributed by atoms with Gasteiger partial charge < -0.3 is 15.4 Å². The predicted molar refractivity (Wildman–Crippen MR) is 123 cm³/mol. The van der Waals surface area contributed by atoms with Gasteiger partial charge >= 0.3 is 0 Å². The number of benzene rings is 3. The smallest absolute Gasteiger partial charge is 0.262 e. The molecule has 2 N–H and O–H groups in total. The van der Waals surface area contributed by atoms with Gasteiger partial charge in [-0.1, -0.05) is 18.2 Å². The number of ether oxygens (including phenoxy) is 1. The molecule has 0 heterocycles. The minimum absolute atomic E-state index is 0.0169. The third-order valence-corrected chi connectivity index (χ3v) is 5.21. The van der Waals surface area contributed by atoms with Gasteiger partial charge in [0.25, 0.3) is 5.91 Å². The lowest BCUT2D eigenvalue weighted by atomic mass is 10.1. The fraction of sp³-hybridized carbons (Fsp3) is 0.125. The van der Waals surface area contributed by atoms with Crippen molar-refractivity contribution in [2.24, 2.45) is 0 Å². The highest BCUT2D eigenvalue weighted by Gasteiger charge is 2.07. The Hall–Kier alpha value is -3.58. The highest BCUT2D eigenvalue weighted by atomic mass is 32.2. The van der Waals surface area contributed by atoms with Crippen molar-refractivity contribution in [3.8, 4) is 5.75 Å². The number of para-hydroxylation sites is 1. The summed E-state index contributed by atoms with van der Waals surface area (Å²) in [6.45, 7) is 1.42. The molecule has 0 spiro atoms. The van der Waals surface area contributed by atoms with E-state index in [0.29, 0.717) is 22.7 Å². The molecule has 0 radical (unpaired) electrons. The summed E-state index contributed by atoms with van der Waals surface area (Å²) in [6, 6.07) is 23.2. The van der Waals surface area contributed by atoms with E-state index in [-0.39, 0.29) is 30.0 Å². The zero-order valence-electron chi connectivity index (χ0n) is 17.0. The molecule has 0 bridgehead atoms. The maximum Gasteiger partial charge on any atom is 0.262 e. The molecule has 0 saturated carbocycles. The van der Waals surface area contributed by atoms with E-state index in [0.717, 1.165) is 4.90 Å². The van der Waals surface area contributed by atoms with Gasteiger partial charge in [0.15, 0.2) is 12.4 Å². The molecule has 0 saturated heterocycles. The Kier molecular flexibility index (Phi) is 7.84. The summed E-state index contributed by atoms with van der Waals surface area (Å²) in [7, 11) is 0. The average Bonchev–Trinajstić information content (AvgIpc) is 2.78. The van der Waals surface area contributed by atoms with Gasteiger partial charge in [0, 0.05) is 21.8 Å². The molecule has 3 aromatic rings. The van der Waals surface area contributed by atoms with Crippen molar-refractivity contribution < 1.29 is 19.1 Å². The van der Waals surface area contributed by atoms with Gasteiger partial charge in [0.05, 0.1) is 5.75 Å². The first kappa shape index (κ1) is 22.1. The summed E-state index contributed by atoms with van der Waals surface area (Å²) in [4.78, 5) is 36.3. The molecule has 31 heavy (non-hydrogen) atoms. The number of nitrogens with one attached hydrogen (secondary N) is 2. The van der Waals surface area contributed by atoms with Crippen LogP contribution in [-0.2, 0) is 9.59 Å². The van der Waals surface area contributed by atoms with Crippen molar-refractivity contribution in [2.45, 2.75) is 11.8 Å². The van der Waals surface area contributed by atoms with Gasteiger partial charge in [-0.15, -0.1) is 11.8 Å². The van der Waals surface area contributed by atoms with Crippen LogP contribution in [0.5, 0.6) is 5.75 Å². The molecule has 6 nitrogen and oxygen atoms in total. The maximum absolute atomic E-state index is 12.1. The maximum atomic E-state index is 12.1. The second-order valence-electron chi connectivity index (χ2n) is 6.64. The van der Waals surface area contributed by atoms with Gasteiger partial charge in [-0.05, 0) is 67.6 Å². The van der Waals surface area contributed by atoms with Gasteiger partial charge in [-0.25, -0.2) is 0 Å². The largest absolute Gasteiger partial charge is 0.484 e. The minimum atomic E-state index is -0.251. The first-order valence-corrected chi connectivity index (χ1v) is 10.6. The molecular weight excluding hydrogens is 412 g/mol. The van der Waals surface area contributed by atoms with E-state index in [1.165, 1.54) is 18.7 Å². The fourth-order valence-electron chi connectivity index (χ4n) is 2.63. The lowest BCUT2D eigenvalue weighted by Gasteiger charge is -2.08. The number of Topliss-reactive ketones (excluding diaryl/α,β-unsaturated/α-hetero) is 1. The van der Waals surface area contributed by atoms with E-state index in [1.54, 1.807) is 48.5 Å². The molecule has 158 valence electrons. The molecule has 0 unspecified atom stereocenters. The minimum Gasteiger partial charge on any atom is -0.484 e. The van der Waals surface area contributed by atoms with E-state index in [4.69, 9.17) is 4.74 Å². The number of carbonyl (C=O) groups excluding carboxylic acids is 3. The van der Waals surface area contributed by atoms with Crippen LogP contribution in [0.2, 0.25) is 0 Å². The number of anilines is 2.